The Bertz CT molecular complexity index is 1210. The maximum absolute atomic E-state index is 13.5. The molecule has 0 radical (unpaired) electrons. The van der Waals surface area contributed by atoms with Crippen LogP contribution in [0.15, 0.2) is 30.3 Å². The molecule has 8 nitrogen and oxygen atoms in total. The predicted octanol–water partition coefficient (Wildman–Crippen LogP) is 4.71. The Morgan fingerprint density at radius 2 is 1.76 bits per heavy atom. The largest absolute Gasteiger partial charge is 0.416 e. The van der Waals surface area contributed by atoms with Crippen LogP contribution >= 0.6 is 0 Å². The van der Waals surface area contributed by atoms with E-state index in [1.165, 1.54) is 4.80 Å². The first-order valence-corrected chi connectivity index (χ1v) is 11.7. The van der Waals surface area contributed by atoms with Crippen LogP contribution in [0.1, 0.15) is 53.9 Å². The van der Waals surface area contributed by atoms with E-state index < -0.39 is 29.5 Å². The number of hydrogen-bond acceptors (Lipinski definition) is 7. The quantitative estimate of drug-likeness (QED) is 0.429. The minimum atomic E-state index is -4.96. The van der Waals surface area contributed by atoms with Gasteiger partial charge in [0.1, 0.15) is 0 Å². The van der Waals surface area contributed by atoms with Crippen LogP contribution in [0.2, 0.25) is 0 Å². The molecule has 0 aliphatic carbocycles. The van der Waals surface area contributed by atoms with Gasteiger partial charge in [-0.05, 0) is 60.9 Å². The van der Waals surface area contributed by atoms with Gasteiger partial charge in [-0.25, -0.2) is 0 Å². The standard InChI is InChI=1S/C23H26F6N8/c1-3-17-11-19(20-18(32-17)5-4-13(2)31-20)36(21-33-35-37(34-21)7-6-30)12-14-8-15(22(24,25)26)10-16(9-14)23(27,28)29/h4-5,8-10,17,19,32H,3,6-7,11-12,30H2,1-2H3/t17-,19+/m1/s1. The van der Waals surface area contributed by atoms with Crippen LogP contribution < -0.4 is 16.0 Å². The molecule has 0 spiro atoms. The van der Waals surface area contributed by atoms with Gasteiger partial charge in [-0.1, -0.05) is 12.0 Å². The van der Waals surface area contributed by atoms with Gasteiger partial charge < -0.3 is 16.0 Å². The van der Waals surface area contributed by atoms with Gasteiger partial charge in [0.15, 0.2) is 0 Å². The molecule has 0 amide bonds. The molecule has 3 heterocycles. The smallest absolute Gasteiger partial charge is 0.381 e. The number of rotatable bonds is 7. The normalized spacial score (nSPS) is 17.9. The summed E-state index contributed by atoms with van der Waals surface area (Å²) in [6.07, 6.45) is -8.73. The summed E-state index contributed by atoms with van der Waals surface area (Å²) in [6, 6.07) is 4.67. The summed E-state index contributed by atoms with van der Waals surface area (Å²) in [5.74, 6) is 0.0513. The van der Waals surface area contributed by atoms with Crippen LogP contribution in [0.3, 0.4) is 0 Å². The highest BCUT2D eigenvalue weighted by Crippen LogP contribution is 2.40. The van der Waals surface area contributed by atoms with Gasteiger partial charge in [0.25, 0.3) is 5.95 Å². The molecule has 1 aliphatic heterocycles. The summed E-state index contributed by atoms with van der Waals surface area (Å²) in [4.78, 5) is 7.44. The van der Waals surface area contributed by atoms with Crippen LogP contribution in [0.5, 0.6) is 0 Å². The topological polar surface area (TPSA) is 97.8 Å². The van der Waals surface area contributed by atoms with Gasteiger partial charge in [-0.2, -0.15) is 31.1 Å². The summed E-state index contributed by atoms with van der Waals surface area (Å²) in [5, 5.41) is 15.7. The molecule has 0 saturated heterocycles. The highest BCUT2D eigenvalue weighted by Gasteiger charge is 2.38. The zero-order chi connectivity index (χ0) is 27.0. The number of pyridine rings is 1. The number of halogens is 6. The molecule has 0 fully saturated rings. The molecule has 1 aromatic carbocycles. The van der Waals surface area contributed by atoms with E-state index >= 15 is 0 Å². The van der Waals surface area contributed by atoms with Gasteiger partial charge in [0, 0.05) is 24.8 Å². The zero-order valence-corrected chi connectivity index (χ0v) is 20.1. The first-order valence-electron chi connectivity index (χ1n) is 11.7. The van der Waals surface area contributed by atoms with Crippen LogP contribution in [0, 0.1) is 6.92 Å². The van der Waals surface area contributed by atoms with Crippen molar-refractivity contribution >= 4 is 11.6 Å². The molecule has 1 aliphatic rings. The van der Waals surface area contributed by atoms with Crippen molar-refractivity contribution in [2.45, 2.75) is 64.2 Å². The zero-order valence-electron chi connectivity index (χ0n) is 20.1. The lowest BCUT2D eigenvalue weighted by Gasteiger charge is -2.38. The van der Waals surface area contributed by atoms with Crippen molar-refractivity contribution in [2.24, 2.45) is 5.73 Å². The second-order valence-electron chi connectivity index (χ2n) is 8.90. The van der Waals surface area contributed by atoms with Gasteiger partial charge >= 0.3 is 12.4 Å². The van der Waals surface area contributed by atoms with Crippen molar-refractivity contribution < 1.29 is 26.3 Å². The lowest BCUT2D eigenvalue weighted by atomic mass is 9.93. The number of aryl methyl sites for hydroxylation is 1. The fraction of sp³-hybridized carbons (Fsp3) is 0.478. The summed E-state index contributed by atoms with van der Waals surface area (Å²) >= 11 is 0. The van der Waals surface area contributed by atoms with Gasteiger partial charge in [0.05, 0.1) is 35.1 Å². The number of nitrogens with two attached hydrogens (primary N) is 1. The molecule has 0 saturated carbocycles. The number of nitrogens with zero attached hydrogens (tertiary/aromatic N) is 6. The number of benzene rings is 1. The number of anilines is 2. The van der Waals surface area contributed by atoms with Crippen molar-refractivity contribution in [2.75, 3.05) is 16.8 Å². The van der Waals surface area contributed by atoms with Crippen molar-refractivity contribution in [3.05, 3.63) is 58.4 Å². The molecule has 14 heteroatoms. The fourth-order valence-corrected chi connectivity index (χ4v) is 4.34. The molecule has 2 atom stereocenters. The second kappa shape index (κ2) is 10.1. The van der Waals surface area contributed by atoms with Gasteiger partial charge in [-0.15, -0.1) is 5.10 Å². The van der Waals surface area contributed by atoms with Crippen LogP contribution in [0.4, 0.5) is 38.0 Å². The third-order valence-electron chi connectivity index (χ3n) is 6.14. The van der Waals surface area contributed by atoms with E-state index in [9.17, 15) is 26.3 Å². The summed E-state index contributed by atoms with van der Waals surface area (Å²) in [7, 11) is 0. The molecule has 0 bridgehead atoms. The predicted molar refractivity (Wildman–Crippen MR) is 124 cm³/mol. The lowest BCUT2D eigenvalue weighted by Crippen LogP contribution is -2.38. The number of fused-ring (bicyclic) bond motifs is 1. The second-order valence-corrected chi connectivity index (χ2v) is 8.90. The molecule has 3 aromatic rings. The molecular weight excluding hydrogens is 502 g/mol. The van der Waals surface area contributed by atoms with E-state index in [4.69, 9.17) is 5.73 Å². The summed E-state index contributed by atoms with van der Waals surface area (Å²) in [6.45, 7) is 3.89. The number of hydrogen-bond donors (Lipinski definition) is 2. The molecule has 3 N–H and O–H groups in total. The van der Waals surface area contributed by atoms with Gasteiger partial charge in [-0.3, -0.25) is 4.98 Å². The Balaban J connectivity index is 1.84. The Hall–Kier alpha value is -3.42. The van der Waals surface area contributed by atoms with Crippen molar-refractivity contribution in [1.82, 2.24) is 25.2 Å². The molecule has 2 aromatic heterocycles. The summed E-state index contributed by atoms with van der Waals surface area (Å²) in [5.41, 5.74) is 4.64. The SMILES string of the molecule is CC[C@@H]1C[C@H](N(Cc2cc(C(F)(F)F)cc(C(F)(F)F)c2)c2nnn(CCN)n2)c2nc(C)ccc2N1. The van der Waals surface area contributed by atoms with Crippen molar-refractivity contribution in [3.8, 4) is 0 Å². The van der Waals surface area contributed by atoms with Crippen LogP contribution in [0.25, 0.3) is 0 Å². The van der Waals surface area contributed by atoms with Crippen molar-refractivity contribution in [3.63, 3.8) is 0 Å². The number of alkyl halides is 6. The summed E-state index contributed by atoms with van der Waals surface area (Å²) < 4.78 is 81.2. The van der Waals surface area contributed by atoms with Crippen LogP contribution in [-0.4, -0.2) is 37.8 Å². The third-order valence-corrected chi connectivity index (χ3v) is 6.14. The lowest BCUT2D eigenvalue weighted by molar-refractivity contribution is -0.143. The molecular formula is C23H26F6N8. The monoisotopic (exact) mass is 528 g/mol. The first-order chi connectivity index (χ1) is 17.4. The molecule has 4 rings (SSSR count). The Morgan fingerprint density at radius 1 is 1.08 bits per heavy atom. The van der Waals surface area contributed by atoms with Crippen molar-refractivity contribution in [1.29, 1.82) is 0 Å². The number of nitrogens with one attached hydrogen (secondary N) is 1. The average Bonchev–Trinajstić information content (AvgIpc) is 3.29. The minimum absolute atomic E-state index is 0.0177. The Labute approximate surface area is 208 Å². The van der Waals surface area contributed by atoms with Gasteiger partial charge in [0.2, 0.25) is 0 Å². The van der Waals surface area contributed by atoms with E-state index in [1.807, 2.05) is 19.1 Å². The molecule has 0 unspecified atom stereocenters. The molecule has 200 valence electrons. The Morgan fingerprint density at radius 3 is 2.35 bits per heavy atom. The third kappa shape index (κ3) is 5.95. The fourth-order valence-electron chi connectivity index (χ4n) is 4.34. The maximum atomic E-state index is 13.5. The van der Waals surface area contributed by atoms with E-state index in [0.717, 1.165) is 24.2 Å². The highest BCUT2D eigenvalue weighted by atomic mass is 19.4. The first kappa shape index (κ1) is 26.6. The number of aromatic nitrogens is 5. The maximum Gasteiger partial charge on any atom is 0.416 e. The minimum Gasteiger partial charge on any atom is -0.381 e. The molecule has 37 heavy (non-hydrogen) atoms. The van der Waals surface area contributed by atoms with E-state index in [-0.39, 0.29) is 43.3 Å². The van der Waals surface area contributed by atoms with E-state index in [1.54, 1.807) is 11.8 Å². The van der Waals surface area contributed by atoms with E-state index in [2.05, 4.69) is 25.7 Å². The number of tetrazole rings is 1. The average molecular weight is 529 g/mol. The van der Waals surface area contributed by atoms with E-state index in [0.29, 0.717) is 17.8 Å². The Kier molecular flexibility index (Phi) is 7.31. The highest BCUT2D eigenvalue weighted by molar-refractivity contribution is 5.55. The van der Waals surface area contributed by atoms with Crippen LogP contribution in [-0.2, 0) is 25.4 Å².